The van der Waals surface area contributed by atoms with Crippen molar-refractivity contribution in [1.29, 1.82) is 0 Å². The zero-order chi connectivity index (χ0) is 14.0. The van der Waals surface area contributed by atoms with Crippen LogP contribution < -0.4 is 10.1 Å². The molecular weight excluding hydrogens is 283 g/mol. The van der Waals surface area contributed by atoms with Gasteiger partial charge in [-0.05, 0) is 17.7 Å². The van der Waals surface area contributed by atoms with Crippen molar-refractivity contribution in [3.05, 3.63) is 29.3 Å². The predicted octanol–water partition coefficient (Wildman–Crippen LogP) is 3.04. The van der Waals surface area contributed by atoms with Gasteiger partial charge in [-0.3, -0.25) is 4.79 Å². The number of carbonyl (C=O) groups excluding carboxylic acids is 1. The third kappa shape index (κ3) is 3.53. The molecule has 0 spiro atoms. The van der Waals surface area contributed by atoms with Crippen LogP contribution >= 0.6 is 11.6 Å². The van der Waals surface area contributed by atoms with Crippen molar-refractivity contribution < 1.29 is 22.7 Å². The smallest absolute Gasteiger partial charge is 0.390 e. The first-order valence-corrected chi connectivity index (χ1v) is 6.06. The molecule has 0 fully saturated rings. The van der Waals surface area contributed by atoms with E-state index in [2.05, 4.69) is 5.32 Å². The molecule has 0 saturated heterocycles. The van der Waals surface area contributed by atoms with E-state index in [0.29, 0.717) is 18.9 Å². The van der Waals surface area contributed by atoms with Crippen molar-refractivity contribution >= 4 is 17.5 Å². The molecule has 2 rings (SSSR count). The minimum atomic E-state index is -4.35. The summed E-state index contributed by atoms with van der Waals surface area (Å²) in [6.45, 7) is 0.681. The molecule has 0 aromatic heterocycles. The summed E-state index contributed by atoms with van der Waals surface area (Å²) in [7, 11) is 0. The van der Waals surface area contributed by atoms with Crippen LogP contribution in [-0.2, 0) is 0 Å². The second-order valence-corrected chi connectivity index (χ2v) is 4.67. The molecule has 0 aliphatic carbocycles. The van der Waals surface area contributed by atoms with Gasteiger partial charge >= 0.3 is 6.18 Å². The fourth-order valence-corrected chi connectivity index (χ4v) is 2.10. The van der Waals surface area contributed by atoms with Crippen molar-refractivity contribution in [2.24, 2.45) is 0 Å². The Morgan fingerprint density at radius 1 is 1.42 bits per heavy atom. The lowest BCUT2D eigenvalue weighted by atomic mass is 10.0. The zero-order valence-electron chi connectivity index (χ0n) is 9.76. The Kier molecular flexibility index (Phi) is 3.89. The van der Waals surface area contributed by atoms with Crippen molar-refractivity contribution in [3.8, 4) is 5.75 Å². The fourth-order valence-electron chi connectivity index (χ4n) is 1.79. The molecule has 0 radical (unpaired) electrons. The topological polar surface area (TPSA) is 38.3 Å². The maximum atomic E-state index is 12.3. The van der Waals surface area contributed by atoms with E-state index >= 15 is 0 Å². The van der Waals surface area contributed by atoms with Crippen LogP contribution in [0.1, 0.15) is 27.7 Å². The Morgan fingerprint density at radius 3 is 2.84 bits per heavy atom. The average molecular weight is 294 g/mol. The molecule has 3 nitrogen and oxygen atoms in total. The first-order valence-electron chi connectivity index (χ1n) is 5.62. The van der Waals surface area contributed by atoms with E-state index in [-0.39, 0.29) is 17.0 Å². The summed E-state index contributed by atoms with van der Waals surface area (Å²) in [6.07, 6.45) is -5.49. The lowest BCUT2D eigenvalue weighted by Crippen LogP contribution is -2.24. The van der Waals surface area contributed by atoms with Gasteiger partial charge in [-0.25, -0.2) is 0 Å². The highest BCUT2D eigenvalue weighted by Gasteiger charge is 2.32. The second-order valence-electron chi connectivity index (χ2n) is 4.15. The number of carbonyl (C=O) groups is 1. The van der Waals surface area contributed by atoms with Crippen LogP contribution in [0.25, 0.3) is 0 Å². The molecule has 1 atom stereocenters. The van der Waals surface area contributed by atoms with Crippen LogP contribution in [0.2, 0.25) is 0 Å². The molecular formula is C12H11ClF3NO2. The third-order valence-corrected chi connectivity index (χ3v) is 3.07. The van der Waals surface area contributed by atoms with Gasteiger partial charge in [-0.2, -0.15) is 13.2 Å². The minimum Gasteiger partial charge on any atom is -0.491 e. The average Bonchev–Trinajstić information content (AvgIpc) is 2.49. The molecule has 1 N–H and O–H groups in total. The predicted molar refractivity (Wildman–Crippen MR) is 63.5 cm³/mol. The van der Waals surface area contributed by atoms with E-state index < -0.39 is 18.0 Å². The molecule has 1 unspecified atom stereocenters. The number of amides is 1. The van der Waals surface area contributed by atoms with Crippen LogP contribution in [0.3, 0.4) is 0 Å². The summed E-state index contributed by atoms with van der Waals surface area (Å²) >= 11 is 5.73. The Labute approximate surface area is 112 Å². The normalized spacial score (nSPS) is 16.9. The van der Waals surface area contributed by atoms with Crippen LogP contribution in [-0.4, -0.2) is 25.2 Å². The van der Waals surface area contributed by atoms with Gasteiger partial charge < -0.3 is 10.1 Å². The van der Waals surface area contributed by atoms with Crippen LogP contribution in [0.5, 0.6) is 5.75 Å². The number of hydrogen-bond acceptors (Lipinski definition) is 2. The van der Waals surface area contributed by atoms with Gasteiger partial charge in [0.15, 0.2) is 0 Å². The first-order chi connectivity index (χ1) is 8.87. The fraction of sp³-hybridized carbons (Fsp3) is 0.417. The van der Waals surface area contributed by atoms with E-state index in [9.17, 15) is 18.0 Å². The molecule has 0 saturated carbocycles. The van der Waals surface area contributed by atoms with Crippen molar-refractivity contribution in [2.75, 3.05) is 13.2 Å². The molecule has 1 heterocycles. The Bertz CT molecular complexity index is 490. The van der Waals surface area contributed by atoms with Gasteiger partial charge in [0, 0.05) is 0 Å². The van der Waals surface area contributed by atoms with Crippen molar-refractivity contribution in [1.82, 2.24) is 5.32 Å². The number of rotatable bonds is 2. The number of ether oxygens (including phenoxy) is 1. The molecule has 19 heavy (non-hydrogen) atoms. The zero-order valence-corrected chi connectivity index (χ0v) is 10.5. The largest absolute Gasteiger partial charge is 0.491 e. The van der Waals surface area contributed by atoms with Gasteiger partial charge in [-0.15, -0.1) is 11.6 Å². The van der Waals surface area contributed by atoms with Gasteiger partial charge in [0.25, 0.3) is 5.91 Å². The van der Waals surface area contributed by atoms with Crippen LogP contribution in [0.15, 0.2) is 18.2 Å². The Balaban J connectivity index is 2.27. The number of nitrogens with one attached hydrogen (secondary N) is 1. The second kappa shape index (κ2) is 5.28. The lowest BCUT2D eigenvalue weighted by Gasteiger charge is -2.14. The van der Waals surface area contributed by atoms with Gasteiger partial charge in [-0.1, -0.05) is 6.07 Å². The summed E-state index contributed by atoms with van der Waals surface area (Å²) in [5, 5.41) is 1.36. The summed E-state index contributed by atoms with van der Waals surface area (Å²) in [4.78, 5) is 11.7. The molecule has 104 valence electrons. The van der Waals surface area contributed by atoms with E-state index in [4.69, 9.17) is 16.3 Å². The van der Waals surface area contributed by atoms with E-state index in [1.807, 2.05) is 0 Å². The van der Waals surface area contributed by atoms with Gasteiger partial charge in [0.1, 0.15) is 12.4 Å². The highest BCUT2D eigenvalue weighted by molar-refractivity contribution is 6.21. The number of hydrogen-bond donors (Lipinski definition) is 1. The summed E-state index contributed by atoms with van der Waals surface area (Å²) in [6, 6.07) is 4.27. The molecule has 1 aromatic rings. The van der Waals surface area contributed by atoms with E-state index in [1.165, 1.54) is 18.2 Å². The molecule has 1 amide bonds. The van der Waals surface area contributed by atoms with Gasteiger partial charge in [0.05, 0.1) is 23.9 Å². The highest BCUT2D eigenvalue weighted by Crippen LogP contribution is 2.35. The SMILES string of the molecule is O=C1NCCOc2ccc(C(Cl)CC(F)(F)F)cc21. The van der Waals surface area contributed by atoms with Crippen LogP contribution in [0.4, 0.5) is 13.2 Å². The Hall–Kier alpha value is -1.43. The number of alkyl halides is 4. The molecule has 7 heteroatoms. The standard InChI is InChI=1S/C12H11ClF3NO2/c13-9(6-12(14,15)16)7-1-2-10-8(5-7)11(18)17-3-4-19-10/h1-2,5,9H,3-4,6H2,(H,17,18). The number of fused-ring (bicyclic) bond motifs is 1. The molecule has 1 aromatic carbocycles. The molecule has 1 aliphatic heterocycles. The Morgan fingerprint density at radius 2 is 2.16 bits per heavy atom. The maximum absolute atomic E-state index is 12.3. The number of halogens is 4. The van der Waals surface area contributed by atoms with Crippen molar-refractivity contribution in [3.63, 3.8) is 0 Å². The highest BCUT2D eigenvalue weighted by atomic mass is 35.5. The molecule has 1 aliphatic rings. The van der Waals surface area contributed by atoms with Crippen LogP contribution in [0, 0.1) is 0 Å². The monoisotopic (exact) mass is 293 g/mol. The lowest BCUT2D eigenvalue weighted by molar-refractivity contribution is -0.134. The number of benzene rings is 1. The molecule has 0 bridgehead atoms. The summed E-state index contributed by atoms with van der Waals surface area (Å²) < 4.78 is 42.2. The first kappa shape index (κ1) is 14.0. The van der Waals surface area contributed by atoms with Gasteiger partial charge in [0.2, 0.25) is 0 Å². The quantitative estimate of drug-likeness (QED) is 0.851. The maximum Gasteiger partial charge on any atom is 0.390 e. The van der Waals surface area contributed by atoms with E-state index in [0.717, 1.165) is 0 Å². The summed E-state index contributed by atoms with van der Waals surface area (Å²) in [5.41, 5.74) is 0.459. The third-order valence-electron chi connectivity index (χ3n) is 2.67. The summed E-state index contributed by atoms with van der Waals surface area (Å²) in [5.74, 6) is -0.0140. The van der Waals surface area contributed by atoms with E-state index in [1.54, 1.807) is 0 Å². The minimum absolute atomic E-state index is 0.211. The van der Waals surface area contributed by atoms with Crippen molar-refractivity contribution in [2.45, 2.75) is 18.0 Å².